The highest BCUT2D eigenvalue weighted by molar-refractivity contribution is 7.89. The minimum absolute atomic E-state index is 0.0259. The van der Waals surface area contributed by atoms with Gasteiger partial charge in [0.1, 0.15) is 10.7 Å². The monoisotopic (exact) mass is 432 g/mol. The van der Waals surface area contributed by atoms with E-state index in [0.29, 0.717) is 5.56 Å². The molecule has 0 spiro atoms. The van der Waals surface area contributed by atoms with Crippen LogP contribution in [0.15, 0.2) is 47.4 Å². The molecule has 0 heterocycles. The molecule has 0 saturated carbocycles. The van der Waals surface area contributed by atoms with Gasteiger partial charge in [-0.2, -0.15) is 4.31 Å². The Labute approximate surface area is 168 Å². The van der Waals surface area contributed by atoms with Crippen molar-refractivity contribution in [3.8, 4) is 0 Å². The average molecular weight is 433 g/mol. The normalized spacial score (nSPS) is 12.8. The molecule has 1 N–H and O–H groups in total. The summed E-state index contributed by atoms with van der Waals surface area (Å²) in [6, 6.07) is 9.41. The van der Waals surface area contributed by atoms with Crippen molar-refractivity contribution in [1.82, 2.24) is 9.62 Å². The molecule has 2 aromatic rings. The molecule has 0 aliphatic heterocycles. The van der Waals surface area contributed by atoms with Crippen molar-refractivity contribution in [2.24, 2.45) is 0 Å². The third-order valence-electron chi connectivity index (χ3n) is 3.93. The highest BCUT2D eigenvalue weighted by atomic mass is 35.5. The lowest BCUT2D eigenvalue weighted by atomic mass is 10.1. The van der Waals surface area contributed by atoms with E-state index < -0.39 is 22.0 Å². The zero-order valence-electron chi connectivity index (χ0n) is 14.7. The summed E-state index contributed by atoms with van der Waals surface area (Å²) in [6.45, 7) is 3.03. The predicted octanol–water partition coefficient (Wildman–Crippen LogP) is 4.02. The third kappa shape index (κ3) is 5.42. The Kier molecular flexibility index (Phi) is 7.22. The van der Waals surface area contributed by atoms with E-state index in [4.69, 9.17) is 23.2 Å². The van der Waals surface area contributed by atoms with E-state index in [-0.39, 0.29) is 33.8 Å². The second-order valence-electron chi connectivity index (χ2n) is 5.85. The number of nitrogens with one attached hydrogen (secondary N) is 1. The van der Waals surface area contributed by atoms with Crippen LogP contribution in [0.2, 0.25) is 10.0 Å². The minimum Gasteiger partial charge on any atom is -0.348 e. The smallest absolute Gasteiger partial charge is 0.245 e. The lowest BCUT2D eigenvalue weighted by molar-refractivity contribution is -0.121. The Balaban J connectivity index is 2.14. The van der Waals surface area contributed by atoms with Crippen molar-refractivity contribution in [1.29, 1.82) is 0 Å². The van der Waals surface area contributed by atoms with Gasteiger partial charge >= 0.3 is 0 Å². The van der Waals surface area contributed by atoms with Crippen LogP contribution in [-0.4, -0.2) is 31.7 Å². The van der Waals surface area contributed by atoms with Gasteiger partial charge in [-0.1, -0.05) is 42.3 Å². The highest BCUT2D eigenvalue weighted by Gasteiger charge is 2.28. The van der Waals surface area contributed by atoms with E-state index in [1.54, 1.807) is 26.0 Å². The van der Waals surface area contributed by atoms with Crippen LogP contribution < -0.4 is 5.32 Å². The van der Waals surface area contributed by atoms with Gasteiger partial charge in [0, 0.05) is 11.6 Å². The molecule has 1 amide bonds. The van der Waals surface area contributed by atoms with Crippen molar-refractivity contribution >= 4 is 39.1 Å². The van der Waals surface area contributed by atoms with Gasteiger partial charge in [0.25, 0.3) is 0 Å². The SMILES string of the molecule is CCN(CC(=O)NC(C)c1ccc(F)cc1)S(=O)(=O)c1cc(Cl)ccc1Cl. The number of halogens is 3. The standard InChI is InChI=1S/C18H19Cl2FN2O3S/c1-3-23(27(25,26)17-10-14(19)6-9-16(17)20)11-18(24)22-12(2)13-4-7-15(21)8-5-13/h4-10,12H,3,11H2,1-2H3,(H,22,24). The second kappa shape index (κ2) is 9.01. The van der Waals surface area contributed by atoms with Gasteiger partial charge in [-0.3, -0.25) is 4.79 Å². The average Bonchev–Trinajstić information content (AvgIpc) is 2.61. The first kappa shape index (κ1) is 21.6. The molecule has 0 bridgehead atoms. The largest absolute Gasteiger partial charge is 0.348 e. The number of sulfonamides is 1. The number of carbonyl (C=O) groups excluding carboxylic acids is 1. The molecule has 0 saturated heterocycles. The van der Waals surface area contributed by atoms with Gasteiger partial charge in [-0.15, -0.1) is 0 Å². The van der Waals surface area contributed by atoms with Crippen molar-refractivity contribution in [3.05, 3.63) is 63.9 Å². The first-order valence-corrected chi connectivity index (χ1v) is 10.3. The molecule has 2 rings (SSSR count). The summed E-state index contributed by atoms with van der Waals surface area (Å²) in [5, 5.41) is 2.95. The maximum atomic E-state index is 13.0. The Morgan fingerprint density at radius 2 is 1.81 bits per heavy atom. The maximum Gasteiger partial charge on any atom is 0.245 e. The number of amides is 1. The summed E-state index contributed by atoms with van der Waals surface area (Å²) >= 11 is 11.9. The van der Waals surface area contributed by atoms with Crippen LogP contribution in [0.1, 0.15) is 25.5 Å². The van der Waals surface area contributed by atoms with Crippen LogP contribution in [0.3, 0.4) is 0 Å². The van der Waals surface area contributed by atoms with E-state index in [9.17, 15) is 17.6 Å². The number of rotatable bonds is 7. The third-order valence-corrected chi connectivity index (χ3v) is 6.57. The fourth-order valence-electron chi connectivity index (χ4n) is 2.46. The molecule has 146 valence electrons. The predicted molar refractivity (Wildman–Crippen MR) is 104 cm³/mol. The van der Waals surface area contributed by atoms with Crippen LogP contribution in [0, 0.1) is 5.82 Å². The van der Waals surface area contributed by atoms with Gasteiger partial charge in [-0.25, -0.2) is 12.8 Å². The van der Waals surface area contributed by atoms with Crippen LogP contribution in [0.5, 0.6) is 0 Å². The zero-order valence-corrected chi connectivity index (χ0v) is 17.1. The molecule has 1 unspecified atom stereocenters. The summed E-state index contributed by atoms with van der Waals surface area (Å²) < 4.78 is 39.7. The van der Waals surface area contributed by atoms with Gasteiger partial charge < -0.3 is 5.32 Å². The van der Waals surface area contributed by atoms with Crippen LogP contribution in [0.4, 0.5) is 4.39 Å². The van der Waals surface area contributed by atoms with Crippen LogP contribution >= 0.6 is 23.2 Å². The Morgan fingerprint density at radius 3 is 2.41 bits per heavy atom. The molecule has 5 nitrogen and oxygen atoms in total. The Bertz CT molecular complexity index is 921. The number of hydrogen-bond acceptors (Lipinski definition) is 3. The second-order valence-corrected chi connectivity index (χ2v) is 8.60. The summed E-state index contributed by atoms with van der Waals surface area (Å²) in [6.07, 6.45) is 0. The number of hydrogen-bond donors (Lipinski definition) is 1. The van der Waals surface area contributed by atoms with Crippen molar-refractivity contribution in [2.75, 3.05) is 13.1 Å². The fourth-order valence-corrected chi connectivity index (χ4v) is 4.61. The molecular formula is C18H19Cl2FN2O3S. The minimum atomic E-state index is -4.00. The van der Waals surface area contributed by atoms with E-state index >= 15 is 0 Å². The first-order valence-electron chi connectivity index (χ1n) is 8.15. The summed E-state index contributed by atoms with van der Waals surface area (Å²) in [4.78, 5) is 12.2. The van der Waals surface area contributed by atoms with E-state index in [1.807, 2.05) is 0 Å². The first-order chi connectivity index (χ1) is 12.6. The van der Waals surface area contributed by atoms with Crippen LogP contribution in [-0.2, 0) is 14.8 Å². The number of nitrogens with zero attached hydrogens (tertiary/aromatic N) is 1. The summed E-state index contributed by atoms with van der Waals surface area (Å²) in [5.74, 6) is -0.866. The van der Waals surface area contributed by atoms with Gasteiger partial charge in [0.2, 0.25) is 15.9 Å². The van der Waals surface area contributed by atoms with E-state index in [2.05, 4.69) is 5.32 Å². The molecular weight excluding hydrogens is 414 g/mol. The highest BCUT2D eigenvalue weighted by Crippen LogP contribution is 2.27. The molecule has 2 aromatic carbocycles. The topological polar surface area (TPSA) is 66.5 Å². The van der Waals surface area contributed by atoms with Crippen LogP contribution in [0.25, 0.3) is 0 Å². The van der Waals surface area contributed by atoms with Gasteiger partial charge in [0.15, 0.2) is 0 Å². The maximum absolute atomic E-state index is 13.0. The van der Waals surface area contributed by atoms with Gasteiger partial charge in [-0.05, 0) is 42.8 Å². The molecule has 0 fully saturated rings. The summed E-state index contributed by atoms with van der Waals surface area (Å²) in [5.41, 5.74) is 0.702. The number of likely N-dealkylation sites (N-methyl/N-ethyl adjacent to an activating group) is 1. The lowest BCUT2D eigenvalue weighted by Gasteiger charge is -2.22. The molecule has 1 atom stereocenters. The molecule has 0 radical (unpaired) electrons. The fraction of sp³-hybridized carbons (Fsp3) is 0.278. The van der Waals surface area contributed by atoms with Crippen molar-refractivity contribution in [2.45, 2.75) is 24.8 Å². The zero-order chi connectivity index (χ0) is 20.2. The van der Waals surface area contributed by atoms with E-state index in [0.717, 1.165) is 4.31 Å². The molecule has 0 aromatic heterocycles. The lowest BCUT2D eigenvalue weighted by Crippen LogP contribution is -2.41. The number of carbonyl (C=O) groups is 1. The molecule has 27 heavy (non-hydrogen) atoms. The Hall–Kier alpha value is -1.67. The number of benzene rings is 2. The summed E-state index contributed by atoms with van der Waals surface area (Å²) in [7, 11) is -4.00. The van der Waals surface area contributed by atoms with Gasteiger partial charge in [0.05, 0.1) is 17.6 Å². The molecule has 0 aliphatic carbocycles. The molecule has 0 aliphatic rings. The quantitative estimate of drug-likeness (QED) is 0.718. The van der Waals surface area contributed by atoms with Crippen molar-refractivity contribution in [3.63, 3.8) is 0 Å². The molecule has 9 heteroatoms. The Morgan fingerprint density at radius 1 is 1.19 bits per heavy atom. The van der Waals surface area contributed by atoms with E-state index in [1.165, 1.54) is 30.3 Å². The van der Waals surface area contributed by atoms with Crippen molar-refractivity contribution < 1.29 is 17.6 Å².